The molecule has 6 heteroatoms. The van der Waals surface area contributed by atoms with Gasteiger partial charge in [-0.1, -0.05) is 17.7 Å². The smallest absolute Gasteiger partial charge is 0.251 e. The molecule has 2 heterocycles. The van der Waals surface area contributed by atoms with E-state index in [1.165, 1.54) is 4.90 Å². The molecule has 2 fully saturated rings. The number of piperazine rings is 1. The Morgan fingerprint density at radius 1 is 0.929 bits per heavy atom. The van der Waals surface area contributed by atoms with Gasteiger partial charge in [0.25, 0.3) is 5.91 Å². The molecule has 2 aromatic rings. The molecule has 0 spiro atoms. The lowest BCUT2D eigenvalue weighted by Gasteiger charge is -2.38. The Morgan fingerprint density at radius 3 is 2.25 bits per heavy atom. The van der Waals surface area contributed by atoms with Crippen LogP contribution in [0.5, 0.6) is 5.75 Å². The van der Waals surface area contributed by atoms with Crippen molar-refractivity contribution in [3.05, 3.63) is 53.6 Å². The van der Waals surface area contributed by atoms with E-state index >= 15 is 0 Å². The quantitative estimate of drug-likeness (QED) is 0.830. The summed E-state index contributed by atoms with van der Waals surface area (Å²) in [6.07, 6.45) is 0.241. The predicted octanol–water partition coefficient (Wildman–Crippen LogP) is 2.46. The Balaban J connectivity index is 1.45. The van der Waals surface area contributed by atoms with Crippen LogP contribution in [0.25, 0.3) is 0 Å². The largest absolute Gasteiger partial charge is 0.508 e. The van der Waals surface area contributed by atoms with Gasteiger partial charge in [0.05, 0.1) is 18.2 Å². The molecular weight excluding hydrogens is 354 g/mol. The zero-order chi connectivity index (χ0) is 19.8. The molecule has 0 unspecified atom stereocenters. The van der Waals surface area contributed by atoms with Crippen molar-refractivity contribution in [3.63, 3.8) is 0 Å². The molecule has 1 atom stereocenters. The lowest BCUT2D eigenvalue weighted by Crippen LogP contribution is -2.52. The number of aromatic hydroxyl groups is 1. The topological polar surface area (TPSA) is 64.1 Å². The summed E-state index contributed by atoms with van der Waals surface area (Å²) < 4.78 is 0. The van der Waals surface area contributed by atoms with Crippen LogP contribution in [0.3, 0.4) is 0 Å². The first-order chi connectivity index (χ1) is 13.4. The lowest BCUT2D eigenvalue weighted by atomic mass is 10.1. The molecule has 6 nitrogen and oxygen atoms in total. The van der Waals surface area contributed by atoms with E-state index in [9.17, 15) is 14.7 Å². The molecule has 1 N–H and O–H groups in total. The Labute approximate surface area is 165 Å². The number of rotatable bonds is 3. The van der Waals surface area contributed by atoms with Crippen LogP contribution < -0.4 is 9.80 Å². The molecule has 0 aliphatic carbocycles. The average molecular weight is 379 g/mol. The zero-order valence-corrected chi connectivity index (χ0v) is 16.3. The molecule has 2 aliphatic rings. The van der Waals surface area contributed by atoms with Gasteiger partial charge in [0.15, 0.2) is 0 Å². The predicted molar refractivity (Wildman–Crippen MR) is 109 cm³/mol. The van der Waals surface area contributed by atoms with E-state index in [1.807, 2.05) is 44.2 Å². The lowest BCUT2D eigenvalue weighted by molar-refractivity contribution is -0.123. The molecule has 146 valence electrons. The van der Waals surface area contributed by atoms with Crippen LogP contribution in [0.2, 0.25) is 0 Å². The van der Waals surface area contributed by atoms with Gasteiger partial charge >= 0.3 is 0 Å². The van der Waals surface area contributed by atoms with Gasteiger partial charge < -0.3 is 10.0 Å². The maximum Gasteiger partial charge on any atom is 0.251 e. The molecule has 2 amide bonds. The molecule has 0 aromatic heterocycles. The summed E-state index contributed by atoms with van der Waals surface area (Å²) in [5.74, 6) is 0.0156. The first kappa shape index (κ1) is 18.5. The maximum absolute atomic E-state index is 13.1. The van der Waals surface area contributed by atoms with E-state index in [-0.39, 0.29) is 30.0 Å². The van der Waals surface area contributed by atoms with E-state index < -0.39 is 0 Å². The van der Waals surface area contributed by atoms with Crippen LogP contribution in [-0.4, -0.2) is 54.0 Å². The van der Waals surface area contributed by atoms with Crippen LogP contribution >= 0.6 is 0 Å². The number of anilines is 2. The van der Waals surface area contributed by atoms with Gasteiger partial charge in [-0.25, -0.2) is 4.90 Å². The molecule has 4 rings (SSSR count). The van der Waals surface area contributed by atoms with Gasteiger partial charge in [0.1, 0.15) is 5.75 Å². The number of imide groups is 1. The molecule has 28 heavy (non-hydrogen) atoms. The monoisotopic (exact) mass is 379 g/mol. The number of nitrogens with zero attached hydrogens (tertiary/aromatic N) is 3. The second-order valence-electron chi connectivity index (χ2n) is 7.62. The molecule has 0 radical (unpaired) electrons. The van der Waals surface area contributed by atoms with Gasteiger partial charge in [-0.3, -0.25) is 14.5 Å². The van der Waals surface area contributed by atoms with E-state index in [0.29, 0.717) is 5.69 Å². The molecule has 0 saturated carbocycles. The Hall–Kier alpha value is -2.86. The van der Waals surface area contributed by atoms with Crippen LogP contribution in [0.15, 0.2) is 42.5 Å². The van der Waals surface area contributed by atoms with Gasteiger partial charge in [-0.05, 0) is 49.7 Å². The number of hydrogen-bond donors (Lipinski definition) is 1. The van der Waals surface area contributed by atoms with Gasteiger partial charge in [-0.15, -0.1) is 0 Å². The van der Waals surface area contributed by atoms with Gasteiger partial charge in [-0.2, -0.15) is 0 Å². The summed E-state index contributed by atoms with van der Waals surface area (Å²) in [5, 5.41) is 9.45. The summed E-state index contributed by atoms with van der Waals surface area (Å²) in [6.45, 7) is 6.96. The summed E-state index contributed by atoms with van der Waals surface area (Å²) in [7, 11) is 0. The molecular formula is C22H25N3O3. The second kappa shape index (κ2) is 7.28. The number of hydrogen-bond acceptors (Lipinski definition) is 5. The summed E-state index contributed by atoms with van der Waals surface area (Å²) in [4.78, 5) is 31.4. The van der Waals surface area contributed by atoms with Gasteiger partial charge in [0, 0.05) is 31.9 Å². The van der Waals surface area contributed by atoms with E-state index in [0.717, 1.165) is 43.0 Å². The summed E-state index contributed by atoms with van der Waals surface area (Å²) in [6, 6.07) is 12.6. The van der Waals surface area contributed by atoms with Crippen molar-refractivity contribution in [3.8, 4) is 5.75 Å². The highest BCUT2D eigenvalue weighted by molar-refractivity contribution is 6.22. The minimum Gasteiger partial charge on any atom is -0.508 e. The standard InChI is InChI=1S/C22H25N3O3/c1-15-3-8-19(16(2)13-15)25-21(27)14-20(22(25)28)24-11-9-23(10-12-24)17-4-6-18(26)7-5-17/h3-8,13,20,26H,9-12,14H2,1-2H3/t20-/m1/s1. The first-order valence-electron chi connectivity index (χ1n) is 9.66. The molecule has 0 bridgehead atoms. The summed E-state index contributed by atoms with van der Waals surface area (Å²) >= 11 is 0. The molecule has 2 aliphatic heterocycles. The number of aryl methyl sites for hydroxylation is 2. The van der Waals surface area contributed by atoms with Crippen molar-refractivity contribution in [2.24, 2.45) is 0 Å². The number of phenols is 1. The van der Waals surface area contributed by atoms with Crippen molar-refractivity contribution < 1.29 is 14.7 Å². The fraction of sp³-hybridized carbons (Fsp3) is 0.364. The number of phenolic OH excluding ortho intramolecular Hbond substituents is 1. The Bertz CT molecular complexity index is 902. The number of carbonyl (C=O) groups is 2. The van der Waals surface area contributed by atoms with Crippen LogP contribution in [-0.2, 0) is 9.59 Å². The highest BCUT2D eigenvalue weighted by Gasteiger charge is 2.43. The highest BCUT2D eigenvalue weighted by Crippen LogP contribution is 2.30. The van der Waals surface area contributed by atoms with Crippen molar-refractivity contribution in [2.45, 2.75) is 26.3 Å². The van der Waals surface area contributed by atoms with Crippen molar-refractivity contribution >= 4 is 23.2 Å². The van der Waals surface area contributed by atoms with E-state index in [4.69, 9.17) is 0 Å². The normalized spacial score (nSPS) is 20.9. The van der Waals surface area contributed by atoms with Gasteiger partial charge in [0.2, 0.25) is 5.91 Å². The third-order valence-electron chi connectivity index (χ3n) is 5.69. The SMILES string of the molecule is Cc1ccc(N2C(=O)C[C@@H](N3CCN(c4ccc(O)cc4)CC3)C2=O)c(C)c1. The van der Waals surface area contributed by atoms with Crippen molar-refractivity contribution in [1.82, 2.24) is 4.90 Å². The van der Waals surface area contributed by atoms with Crippen molar-refractivity contribution in [1.29, 1.82) is 0 Å². The van der Waals surface area contributed by atoms with Crippen LogP contribution in [0.4, 0.5) is 11.4 Å². The zero-order valence-electron chi connectivity index (χ0n) is 16.3. The minimum absolute atomic E-state index is 0.116. The van der Waals surface area contributed by atoms with Crippen LogP contribution in [0.1, 0.15) is 17.5 Å². The van der Waals surface area contributed by atoms with Crippen molar-refractivity contribution in [2.75, 3.05) is 36.0 Å². The third-order valence-corrected chi connectivity index (χ3v) is 5.69. The number of benzene rings is 2. The van der Waals surface area contributed by atoms with Crippen LogP contribution in [0, 0.1) is 13.8 Å². The second-order valence-corrected chi connectivity index (χ2v) is 7.62. The fourth-order valence-corrected chi connectivity index (χ4v) is 4.17. The Kier molecular flexibility index (Phi) is 4.81. The average Bonchev–Trinajstić information content (AvgIpc) is 2.97. The minimum atomic E-state index is -0.379. The third kappa shape index (κ3) is 3.36. The number of amides is 2. The maximum atomic E-state index is 13.1. The fourth-order valence-electron chi connectivity index (χ4n) is 4.17. The molecule has 2 saturated heterocycles. The summed E-state index contributed by atoms with van der Waals surface area (Å²) in [5.41, 5.74) is 3.82. The highest BCUT2D eigenvalue weighted by atomic mass is 16.3. The number of carbonyl (C=O) groups excluding carboxylic acids is 2. The first-order valence-corrected chi connectivity index (χ1v) is 9.66. The molecule has 2 aromatic carbocycles. The van der Waals surface area contributed by atoms with E-state index in [2.05, 4.69) is 9.80 Å². The Morgan fingerprint density at radius 2 is 1.61 bits per heavy atom. The van der Waals surface area contributed by atoms with E-state index in [1.54, 1.807) is 12.1 Å².